The minimum absolute atomic E-state index is 0.684. The van der Waals surface area contributed by atoms with Crippen molar-refractivity contribution < 1.29 is 5.11 Å². The summed E-state index contributed by atoms with van der Waals surface area (Å²) in [5.41, 5.74) is 1.50. The van der Waals surface area contributed by atoms with Gasteiger partial charge in [0.25, 0.3) is 0 Å². The summed E-state index contributed by atoms with van der Waals surface area (Å²) in [5.74, 6) is 0. The predicted octanol–water partition coefficient (Wildman–Crippen LogP) is 3.14. The summed E-state index contributed by atoms with van der Waals surface area (Å²) in [6.45, 7) is 0. The Bertz CT molecular complexity index is 460. The second kappa shape index (κ2) is 4.69. The van der Waals surface area contributed by atoms with Gasteiger partial charge in [-0.15, -0.1) is 11.3 Å². The Balaban J connectivity index is 2.36. The molecule has 2 aromatic rings. The fraction of sp³-hybridized carbons (Fsp3) is 0.111. The lowest BCUT2D eigenvalue weighted by Crippen LogP contribution is -1.99. The Labute approximate surface area is 107 Å². The highest BCUT2D eigenvalue weighted by atomic mass is 79.9. The molecule has 6 heteroatoms. The first-order chi connectivity index (χ1) is 7.18. The third-order valence-electron chi connectivity index (χ3n) is 1.87. The van der Waals surface area contributed by atoms with Gasteiger partial charge in [0.1, 0.15) is 12.4 Å². The van der Waals surface area contributed by atoms with Crippen molar-refractivity contribution >= 4 is 43.2 Å². The minimum Gasteiger partial charge on any atom is -0.383 e. The van der Waals surface area contributed by atoms with E-state index in [1.165, 1.54) is 17.7 Å². The fourth-order valence-corrected chi connectivity index (χ4v) is 4.05. The van der Waals surface area contributed by atoms with Crippen LogP contribution in [0.4, 0.5) is 0 Å². The number of aromatic nitrogens is 2. The van der Waals surface area contributed by atoms with Gasteiger partial charge in [-0.3, -0.25) is 0 Å². The molecule has 2 rings (SSSR count). The van der Waals surface area contributed by atoms with E-state index in [1.807, 2.05) is 6.07 Å². The monoisotopic (exact) mass is 348 g/mol. The SMILES string of the molecule is OC(c1cncnc1)c1cc(Br)sc1Br. The summed E-state index contributed by atoms with van der Waals surface area (Å²) in [6, 6.07) is 1.88. The van der Waals surface area contributed by atoms with Crippen LogP contribution in [0.15, 0.2) is 32.4 Å². The van der Waals surface area contributed by atoms with Crippen LogP contribution >= 0.6 is 43.2 Å². The van der Waals surface area contributed by atoms with E-state index in [9.17, 15) is 5.11 Å². The van der Waals surface area contributed by atoms with E-state index >= 15 is 0 Å². The van der Waals surface area contributed by atoms with E-state index in [0.29, 0.717) is 5.56 Å². The Morgan fingerprint density at radius 2 is 1.93 bits per heavy atom. The third-order valence-corrected chi connectivity index (χ3v) is 4.26. The highest BCUT2D eigenvalue weighted by molar-refractivity contribution is 9.12. The molecule has 3 nitrogen and oxygen atoms in total. The lowest BCUT2D eigenvalue weighted by molar-refractivity contribution is 0.219. The van der Waals surface area contributed by atoms with E-state index in [1.54, 1.807) is 12.4 Å². The molecule has 0 aliphatic rings. The molecule has 0 radical (unpaired) electrons. The molecule has 1 unspecified atom stereocenters. The molecule has 0 amide bonds. The highest BCUT2D eigenvalue weighted by Crippen LogP contribution is 2.37. The number of aliphatic hydroxyl groups is 1. The van der Waals surface area contributed by atoms with Crippen molar-refractivity contribution in [2.75, 3.05) is 0 Å². The van der Waals surface area contributed by atoms with Crippen molar-refractivity contribution in [1.82, 2.24) is 9.97 Å². The molecule has 0 fully saturated rings. The molecular weight excluding hydrogens is 344 g/mol. The van der Waals surface area contributed by atoms with Gasteiger partial charge in [-0.05, 0) is 37.9 Å². The lowest BCUT2D eigenvalue weighted by Gasteiger charge is -2.08. The Morgan fingerprint density at radius 1 is 1.27 bits per heavy atom. The topological polar surface area (TPSA) is 46.0 Å². The summed E-state index contributed by atoms with van der Waals surface area (Å²) in [5, 5.41) is 10.1. The Kier molecular flexibility index (Phi) is 3.50. The third kappa shape index (κ3) is 2.44. The summed E-state index contributed by atoms with van der Waals surface area (Å²) >= 11 is 8.30. The van der Waals surface area contributed by atoms with Gasteiger partial charge in [-0.25, -0.2) is 9.97 Å². The molecule has 2 aromatic heterocycles. The average Bonchev–Trinajstić information content (AvgIpc) is 2.58. The smallest absolute Gasteiger partial charge is 0.115 e. The van der Waals surface area contributed by atoms with Crippen molar-refractivity contribution in [3.05, 3.63) is 43.5 Å². The number of thiophene rings is 1. The maximum atomic E-state index is 10.1. The van der Waals surface area contributed by atoms with Gasteiger partial charge in [0, 0.05) is 23.5 Å². The van der Waals surface area contributed by atoms with Crippen LogP contribution in [-0.2, 0) is 0 Å². The summed E-state index contributed by atoms with van der Waals surface area (Å²) < 4.78 is 1.88. The molecule has 0 aromatic carbocycles. The van der Waals surface area contributed by atoms with Crippen LogP contribution in [0.3, 0.4) is 0 Å². The van der Waals surface area contributed by atoms with Crippen LogP contribution in [0, 0.1) is 0 Å². The number of nitrogens with zero attached hydrogens (tertiary/aromatic N) is 2. The highest BCUT2D eigenvalue weighted by Gasteiger charge is 2.16. The molecule has 0 aliphatic carbocycles. The molecule has 1 atom stereocenters. The quantitative estimate of drug-likeness (QED) is 0.905. The second-order valence-electron chi connectivity index (χ2n) is 2.85. The zero-order valence-corrected chi connectivity index (χ0v) is 11.4. The van der Waals surface area contributed by atoms with Crippen molar-refractivity contribution in [3.63, 3.8) is 0 Å². The van der Waals surface area contributed by atoms with Crippen LogP contribution in [0.2, 0.25) is 0 Å². The largest absolute Gasteiger partial charge is 0.383 e. The minimum atomic E-state index is -0.692. The number of aliphatic hydroxyl groups excluding tert-OH is 1. The first kappa shape index (κ1) is 11.2. The lowest BCUT2D eigenvalue weighted by atomic mass is 10.1. The summed E-state index contributed by atoms with van der Waals surface area (Å²) in [4.78, 5) is 7.75. The van der Waals surface area contributed by atoms with Crippen molar-refractivity contribution in [2.24, 2.45) is 0 Å². The zero-order valence-electron chi connectivity index (χ0n) is 7.39. The maximum Gasteiger partial charge on any atom is 0.115 e. The summed E-state index contributed by atoms with van der Waals surface area (Å²) in [6.07, 6.45) is 3.96. The predicted molar refractivity (Wildman–Crippen MR) is 65.8 cm³/mol. The molecule has 1 N–H and O–H groups in total. The standard InChI is InChI=1S/C9H6Br2N2OS/c10-7-1-6(9(11)15-7)8(14)5-2-12-4-13-3-5/h1-4,8,14H. The van der Waals surface area contributed by atoms with E-state index in [-0.39, 0.29) is 0 Å². The maximum absolute atomic E-state index is 10.1. The van der Waals surface area contributed by atoms with E-state index < -0.39 is 6.10 Å². The second-order valence-corrected chi connectivity index (χ2v) is 6.60. The van der Waals surface area contributed by atoms with Crippen LogP contribution < -0.4 is 0 Å². The van der Waals surface area contributed by atoms with Crippen molar-refractivity contribution in [1.29, 1.82) is 0 Å². The van der Waals surface area contributed by atoms with Gasteiger partial charge in [-0.1, -0.05) is 0 Å². The van der Waals surface area contributed by atoms with Gasteiger partial charge < -0.3 is 5.11 Å². The van der Waals surface area contributed by atoms with Gasteiger partial charge in [0.15, 0.2) is 0 Å². The normalized spacial score (nSPS) is 12.7. The number of rotatable bonds is 2. The first-order valence-corrected chi connectivity index (χ1v) is 6.46. The molecule has 78 valence electrons. The Morgan fingerprint density at radius 3 is 2.47 bits per heavy atom. The molecule has 0 bridgehead atoms. The molecule has 0 saturated carbocycles. The van der Waals surface area contributed by atoms with Crippen molar-refractivity contribution in [3.8, 4) is 0 Å². The number of hydrogen-bond acceptors (Lipinski definition) is 4. The molecule has 0 aliphatic heterocycles. The molecule has 0 saturated heterocycles. The first-order valence-electron chi connectivity index (χ1n) is 4.06. The van der Waals surface area contributed by atoms with Gasteiger partial charge in [-0.2, -0.15) is 0 Å². The van der Waals surface area contributed by atoms with Gasteiger partial charge >= 0.3 is 0 Å². The van der Waals surface area contributed by atoms with Gasteiger partial charge in [0.05, 0.1) is 7.57 Å². The van der Waals surface area contributed by atoms with E-state index in [2.05, 4.69) is 41.8 Å². The molecule has 2 heterocycles. The average molecular weight is 350 g/mol. The summed E-state index contributed by atoms with van der Waals surface area (Å²) in [7, 11) is 0. The van der Waals surface area contributed by atoms with Crippen molar-refractivity contribution in [2.45, 2.75) is 6.10 Å². The van der Waals surface area contributed by atoms with Crippen LogP contribution in [0.5, 0.6) is 0 Å². The number of halogens is 2. The molecule has 15 heavy (non-hydrogen) atoms. The molecular formula is C9H6Br2N2OS. The zero-order chi connectivity index (χ0) is 10.8. The van der Waals surface area contributed by atoms with E-state index in [4.69, 9.17) is 0 Å². The fourth-order valence-electron chi connectivity index (χ4n) is 1.17. The van der Waals surface area contributed by atoms with Gasteiger partial charge in [0.2, 0.25) is 0 Å². The van der Waals surface area contributed by atoms with Crippen LogP contribution in [0.1, 0.15) is 17.2 Å². The molecule has 0 spiro atoms. The number of hydrogen-bond donors (Lipinski definition) is 1. The van der Waals surface area contributed by atoms with Crippen LogP contribution in [0.25, 0.3) is 0 Å². The van der Waals surface area contributed by atoms with E-state index in [0.717, 1.165) is 13.1 Å². The van der Waals surface area contributed by atoms with Crippen LogP contribution in [-0.4, -0.2) is 15.1 Å². The Hall–Kier alpha value is -0.300.